The number of nitrogens with one attached hydrogen (secondary N) is 1. The van der Waals surface area contributed by atoms with Crippen LogP contribution in [0.2, 0.25) is 0 Å². The van der Waals surface area contributed by atoms with Crippen LogP contribution in [0.3, 0.4) is 0 Å². The van der Waals surface area contributed by atoms with E-state index in [9.17, 15) is 14.7 Å². The molecule has 2 aromatic rings. The summed E-state index contributed by atoms with van der Waals surface area (Å²) in [4.78, 5) is 27.8. The van der Waals surface area contributed by atoms with Gasteiger partial charge in [-0.05, 0) is 66.2 Å². The molecule has 1 fully saturated rings. The monoisotopic (exact) mass is 414 g/mol. The molecule has 29 heavy (non-hydrogen) atoms. The van der Waals surface area contributed by atoms with Gasteiger partial charge in [0.2, 0.25) is 0 Å². The first-order chi connectivity index (χ1) is 13.9. The number of ether oxygens (including phenoxy) is 2. The molecule has 0 aliphatic carbocycles. The highest BCUT2D eigenvalue weighted by Gasteiger charge is 2.24. The van der Waals surface area contributed by atoms with E-state index >= 15 is 0 Å². The number of aryl methyl sites for hydroxylation is 1. The molecule has 8 nitrogen and oxygen atoms in total. The normalized spacial score (nSPS) is 16.1. The molecule has 3 rings (SSSR count). The molecule has 0 unspecified atom stereocenters. The molecule has 0 radical (unpaired) electrons. The lowest BCUT2D eigenvalue weighted by atomic mass is 10.2. The number of aliphatic carboxylic acids is 1. The summed E-state index contributed by atoms with van der Waals surface area (Å²) in [6.45, 7) is 1.34. The van der Waals surface area contributed by atoms with Gasteiger partial charge < -0.3 is 25.0 Å². The minimum atomic E-state index is -1.09. The van der Waals surface area contributed by atoms with Crippen molar-refractivity contribution >= 4 is 40.6 Å². The van der Waals surface area contributed by atoms with Crippen molar-refractivity contribution in [3.63, 3.8) is 0 Å². The largest absolute Gasteiger partial charge is 0.508 e. The molecule has 3 N–H and O–H groups in total. The van der Waals surface area contributed by atoms with Crippen molar-refractivity contribution in [3.05, 3.63) is 52.4 Å². The first kappa shape index (κ1) is 20.3. The Balaban J connectivity index is 1.81. The number of methoxy groups -OCH3 is 1. The van der Waals surface area contributed by atoms with E-state index < -0.39 is 12.6 Å². The molecule has 1 amide bonds. The van der Waals surface area contributed by atoms with Crippen LogP contribution >= 0.6 is 11.8 Å². The van der Waals surface area contributed by atoms with Gasteiger partial charge in [0, 0.05) is 0 Å². The van der Waals surface area contributed by atoms with Gasteiger partial charge in [-0.25, -0.2) is 9.79 Å². The maximum Gasteiger partial charge on any atom is 0.341 e. The fourth-order valence-corrected chi connectivity index (χ4v) is 3.37. The first-order valence-electron chi connectivity index (χ1n) is 8.47. The number of aromatic hydroxyl groups is 1. The number of phenolic OH excluding ortho intramolecular Hbond substituents is 1. The Morgan fingerprint density at radius 3 is 2.72 bits per heavy atom. The summed E-state index contributed by atoms with van der Waals surface area (Å²) in [5.74, 6) is -0.563. The number of rotatable bonds is 6. The third kappa shape index (κ3) is 5.08. The zero-order chi connectivity index (χ0) is 21.0. The molecule has 0 spiro atoms. The van der Waals surface area contributed by atoms with Crippen LogP contribution in [0, 0.1) is 6.92 Å². The average Bonchev–Trinajstić information content (AvgIpc) is 3.01. The lowest BCUT2D eigenvalue weighted by Crippen LogP contribution is -2.19. The van der Waals surface area contributed by atoms with Crippen molar-refractivity contribution in [3.8, 4) is 17.2 Å². The molecular weight excluding hydrogens is 396 g/mol. The minimum Gasteiger partial charge on any atom is -0.508 e. The summed E-state index contributed by atoms with van der Waals surface area (Å²) in [5.41, 5.74) is 2.11. The van der Waals surface area contributed by atoms with E-state index in [1.54, 1.807) is 36.4 Å². The number of hydrogen-bond donors (Lipinski definition) is 3. The number of carbonyl (C=O) groups is 2. The van der Waals surface area contributed by atoms with E-state index in [4.69, 9.17) is 14.6 Å². The summed E-state index contributed by atoms with van der Waals surface area (Å²) in [5, 5.41) is 21.4. The number of phenols is 1. The highest BCUT2D eigenvalue weighted by Crippen LogP contribution is 2.33. The SMILES string of the molecule is COc1cc(/C=C2/SC(=Nc3ccc(O)cc3C)NC2=O)ccc1OCC(=O)O. The Kier molecular flexibility index (Phi) is 6.08. The van der Waals surface area contributed by atoms with Crippen LogP contribution in [0.1, 0.15) is 11.1 Å². The summed E-state index contributed by atoms with van der Waals surface area (Å²) >= 11 is 1.19. The Hall–Kier alpha value is -3.46. The van der Waals surface area contributed by atoms with Crippen LogP contribution < -0.4 is 14.8 Å². The molecule has 9 heteroatoms. The predicted octanol–water partition coefficient (Wildman–Crippen LogP) is 3.06. The minimum absolute atomic E-state index is 0.153. The molecule has 0 bridgehead atoms. The summed E-state index contributed by atoms with van der Waals surface area (Å²) < 4.78 is 10.4. The zero-order valence-corrected chi connectivity index (χ0v) is 16.4. The van der Waals surface area contributed by atoms with Crippen molar-refractivity contribution in [2.75, 3.05) is 13.7 Å². The van der Waals surface area contributed by atoms with E-state index in [1.807, 2.05) is 6.92 Å². The number of aliphatic imine (C=N–C) groups is 1. The van der Waals surface area contributed by atoms with E-state index in [1.165, 1.54) is 24.9 Å². The molecule has 0 saturated carbocycles. The van der Waals surface area contributed by atoms with Crippen molar-refractivity contribution in [1.29, 1.82) is 0 Å². The molecule has 0 atom stereocenters. The van der Waals surface area contributed by atoms with Gasteiger partial charge in [0.1, 0.15) is 5.75 Å². The molecule has 2 aromatic carbocycles. The predicted molar refractivity (Wildman–Crippen MR) is 110 cm³/mol. The third-order valence-electron chi connectivity index (χ3n) is 3.89. The fraction of sp³-hybridized carbons (Fsp3) is 0.150. The van der Waals surface area contributed by atoms with Crippen molar-refractivity contribution < 1.29 is 29.3 Å². The average molecular weight is 414 g/mol. The van der Waals surface area contributed by atoms with Gasteiger partial charge in [0.25, 0.3) is 5.91 Å². The first-order valence-corrected chi connectivity index (χ1v) is 9.29. The summed E-state index contributed by atoms with van der Waals surface area (Å²) in [6, 6.07) is 9.73. The Morgan fingerprint density at radius 2 is 2.03 bits per heavy atom. The maximum absolute atomic E-state index is 12.3. The van der Waals surface area contributed by atoms with Gasteiger partial charge in [0.05, 0.1) is 17.7 Å². The second kappa shape index (κ2) is 8.70. The number of carboxylic acid groups (broad SMARTS) is 1. The maximum atomic E-state index is 12.3. The molecule has 1 saturated heterocycles. The molecule has 0 aromatic heterocycles. The highest BCUT2D eigenvalue weighted by molar-refractivity contribution is 8.18. The fourth-order valence-electron chi connectivity index (χ4n) is 2.54. The number of amides is 1. The smallest absolute Gasteiger partial charge is 0.341 e. The van der Waals surface area contributed by atoms with Gasteiger partial charge in [-0.2, -0.15) is 0 Å². The number of hydrogen-bond acceptors (Lipinski definition) is 7. The number of amidine groups is 1. The summed E-state index contributed by atoms with van der Waals surface area (Å²) in [6.07, 6.45) is 1.68. The van der Waals surface area contributed by atoms with Crippen LogP contribution in [0.15, 0.2) is 46.3 Å². The summed E-state index contributed by atoms with van der Waals surface area (Å²) in [7, 11) is 1.45. The number of carboxylic acids is 1. The standard InChI is InChI=1S/C20H18N2O6S/c1-11-7-13(23)4-5-14(11)21-20-22-19(26)17(29-20)9-12-3-6-15(16(8-12)27-2)28-10-18(24)25/h3-9,23H,10H2,1-2H3,(H,24,25)(H,21,22,26)/b17-9+. The Bertz CT molecular complexity index is 1030. The van der Waals surface area contributed by atoms with E-state index in [2.05, 4.69) is 10.3 Å². The van der Waals surface area contributed by atoms with Crippen LogP contribution in [0.4, 0.5) is 5.69 Å². The van der Waals surface area contributed by atoms with E-state index in [-0.39, 0.29) is 11.7 Å². The zero-order valence-electron chi connectivity index (χ0n) is 15.6. The third-order valence-corrected chi connectivity index (χ3v) is 4.80. The Labute approximate surface area is 170 Å². The topological polar surface area (TPSA) is 117 Å². The van der Waals surface area contributed by atoms with Gasteiger partial charge in [0.15, 0.2) is 23.3 Å². The van der Waals surface area contributed by atoms with Gasteiger partial charge >= 0.3 is 5.97 Å². The second-order valence-electron chi connectivity index (χ2n) is 6.05. The molecule has 1 aliphatic rings. The number of carbonyl (C=O) groups excluding carboxylic acids is 1. The lowest BCUT2D eigenvalue weighted by Gasteiger charge is -2.09. The Morgan fingerprint density at radius 1 is 1.24 bits per heavy atom. The van der Waals surface area contributed by atoms with Gasteiger partial charge in [-0.15, -0.1) is 0 Å². The number of benzene rings is 2. The van der Waals surface area contributed by atoms with Gasteiger partial charge in [-0.3, -0.25) is 4.79 Å². The van der Waals surface area contributed by atoms with Crippen molar-refractivity contribution in [1.82, 2.24) is 5.32 Å². The molecule has 1 aliphatic heterocycles. The molecule has 150 valence electrons. The van der Waals surface area contributed by atoms with Crippen LogP contribution in [0.25, 0.3) is 6.08 Å². The van der Waals surface area contributed by atoms with Crippen molar-refractivity contribution in [2.45, 2.75) is 6.92 Å². The number of nitrogens with zero attached hydrogens (tertiary/aromatic N) is 1. The van der Waals surface area contributed by atoms with E-state index in [0.717, 1.165) is 5.56 Å². The lowest BCUT2D eigenvalue weighted by molar-refractivity contribution is -0.139. The van der Waals surface area contributed by atoms with Crippen LogP contribution in [0.5, 0.6) is 17.2 Å². The van der Waals surface area contributed by atoms with Crippen LogP contribution in [-0.4, -0.2) is 41.0 Å². The van der Waals surface area contributed by atoms with E-state index in [0.29, 0.717) is 32.8 Å². The highest BCUT2D eigenvalue weighted by atomic mass is 32.2. The second-order valence-corrected chi connectivity index (χ2v) is 7.08. The van der Waals surface area contributed by atoms with Crippen molar-refractivity contribution in [2.24, 2.45) is 4.99 Å². The van der Waals surface area contributed by atoms with Gasteiger partial charge in [-0.1, -0.05) is 6.07 Å². The quantitative estimate of drug-likeness (QED) is 0.622. The van der Waals surface area contributed by atoms with Crippen LogP contribution in [-0.2, 0) is 9.59 Å². The number of thioether (sulfide) groups is 1. The molecule has 1 heterocycles. The molecular formula is C20H18N2O6S.